The molecule has 19 heavy (non-hydrogen) atoms. The quantitative estimate of drug-likeness (QED) is 0.896. The lowest BCUT2D eigenvalue weighted by Gasteiger charge is -2.18. The monoisotopic (exact) mass is 258 g/mol. The Morgan fingerprint density at radius 3 is 2.79 bits per heavy atom. The molecule has 1 aromatic carbocycles. The molecule has 0 bridgehead atoms. The van der Waals surface area contributed by atoms with Crippen molar-refractivity contribution >= 4 is 5.69 Å². The number of benzene rings is 1. The zero-order chi connectivity index (χ0) is 13.8. The van der Waals surface area contributed by atoms with Gasteiger partial charge in [0.15, 0.2) is 0 Å². The Kier molecular flexibility index (Phi) is 4.22. The van der Waals surface area contributed by atoms with E-state index in [-0.39, 0.29) is 6.04 Å². The van der Waals surface area contributed by atoms with E-state index >= 15 is 0 Å². The highest BCUT2D eigenvalue weighted by Crippen LogP contribution is 2.23. The van der Waals surface area contributed by atoms with Gasteiger partial charge in [-0.25, -0.2) is 0 Å². The van der Waals surface area contributed by atoms with Crippen molar-refractivity contribution in [2.24, 2.45) is 5.73 Å². The molecule has 0 amide bonds. The summed E-state index contributed by atoms with van der Waals surface area (Å²) in [6.45, 7) is 3.05. The maximum Gasteiger partial charge on any atom is 0.0724 e. The number of rotatable bonds is 5. The summed E-state index contributed by atoms with van der Waals surface area (Å²) < 4.78 is 1.99. The van der Waals surface area contributed by atoms with Gasteiger partial charge < -0.3 is 10.6 Å². The highest BCUT2D eigenvalue weighted by Gasteiger charge is 2.14. The van der Waals surface area contributed by atoms with Crippen molar-refractivity contribution in [1.82, 2.24) is 9.78 Å². The lowest BCUT2D eigenvalue weighted by molar-refractivity contribution is 0.560. The third kappa shape index (κ3) is 2.96. The second-order valence-corrected chi connectivity index (χ2v) is 4.95. The van der Waals surface area contributed by atoms with Crippen LogP contribution in [0, 0.1) is 0 Å². The van der Waals surface area contributed by atoms with Crippen LogP contribution in [0.25, 0.3) is 0 Å². The van der Waals surface area contributed by atoms with E-state index in [9.17, 15) is 0 Å². The number of anilines is 1. The molecule has 0 aliphatic heterocycles. The van der Waals surface area contributed by atoms with Crippen LogP contribution in [0.15, 0.2) is 36.5 Å². The zero-order valence-electron chi connectivity index (χ0n) is 11.9. The van der Waals surface area contributed by atoms with Gasteiger partial charge in [0.1, 0.15) is 0 Å². The highest BCUT2D eigenvalue weighted by atomic mass is 15.3. The van der Waals surface area contributed by atoms with Crippen LogP contribution in [0.1, 0.15) is 30.6 Å². The first kappa shape index (κ1) is 13.6. The number of nitrogens with zero attached hydrogens (tertiary/aromatic N) is 3. The van der Waals surface area contributed by atoms with Crippen molar-refractivity contribution in [3.8, 4) is 0 Å². The van der Waals surface area contributed by atoms with Crippen LogP contribution < -0.4 is 10.6 Å². The molecule has 0 saturated carbocycles. The zero-order valence-corrected chi connectivity index (χ0v) is 11.9. The maximum atomic E-state index is 6.38. The van der Waals surface area contributed by atoms with Crippen LogP contribution in [-0.2, 0) is 6.54 Å². The summed E-state index contributed by atoms with van der Waals surface area (Å²) in [6, 6.07) is 10.2. The van der Waals surface area contributed by atoms with Gasteiger partial charge in [0, 0.05) is 32.5 Å². The minimum absolute atomic E-state index is 0.131. The fourth-order valence-electron chi connectivity index (χ4n) is 2.17. The van der Waals surface area contributed by atoms with Gasteiger partial charge in [-0.3, -0.25) is 4.68 Å². The standard InChI is InChI=1S/C15H22N4/c1-4-10-19-14(8-9-17-19)15(16)12-6-5-7-13(11-12)18(2)3/h5-9,11,15H,4,10,16H2,1-3H3. The van der Waals surface area contributed by atoms with Crippen LogP contribution in [0.2, 0.25) is 0 Å². The Balaban J connectivity index is 2.30. The molecule has 102 valence electrons. The number of hydrogen-bond donors (Lipinski definition) is 1. The fourth-order valence-corrected chi connectivity index (χ4v) is 2.17. The first-order chi connectivity index (χ1) is 9.13. The third-order valence-electron chi connectivity index (χ3n) is 3.25. The van der Waals surface area contributed by atoms with E-state index in [2.05, 4.69) is 35.1 Å². The molecule has 4 nitrogen and oxygen atoms in total. The maximum absolute atomic E-state index is 6.38. The molecule has 2 rings (SSSR count). The summed E-state index contributed by atoms with van der Waals surface area (Å²) in [5, 5.41) is 4.34. The first-order valence-electron chi connectivity index (χ1n) is 6.68. The largest absolute Gasteiger partial charge is 0.378 e. The summed E-state index contributed by atoms with van der Waals surface area (Å²) in [4.78, 5) is 2.08. The first-order valence-corrected chi connectivity index (χ1v) is 6.68. The number of aryl methyl sites for hydroxylation is 1. The van der Waals surface area contributed by atoms with Crippen molar-refractivity contribution in [3.63, 3.8) is 0 Å². The van der Waals surface area contributed by atoms with E-state index in [0.717, 1.165) is 29.9 Å². The van der Waals surface area contributed by atoms with Crippen LogP contribution in [-0.4, -0.2) is 23.9 Å². The number of aromatic nitrogens is 2. The summed E-state index contributed by atoms with van der Waals surface area (Å²) in [7, 11) is 4.07. The van der Waals surface area contributed by atoms with Gasteiger partial charge in [0.05, 0.1) is 11.7 Å². The Morgan fingerprint density at radius 2 is 2.11 bits per heavy atom. The summed E-state index contributed by atoms with van der Waals surface area (Å²) >= 11 is 0. The smallest absolute Gasteiger partial charge is 0.0724 e. The Bertz CT molecular complexity index is 530. The van der Waals surface area contributed by atoms with Gasteiger partial charge in [-0.15, -0.1) is 0 Å². The van der Waals surface area contributed by atoms with Crippen molar-refractivity contribution in [1.29, 1.82) is 0 Å². The van der Waals surface area contributed by atoms with Gasteiger partial charge >= 0.3 is 0 Å². The SMILES string of the molecule is CCCn1nccc1C(N)c1cccc(N(C)C)c1. The molecule has 0 aliphatic carbocycles. The van der Waals surface area contributed by atoms with Gasteiger partial charge in [-0.2, -0.15) is 5.10 Å². The molecule has 0 radical (unpaired) electrons. The number of hydrogen-bond acceptors (Lipinski definition) is 3. The molecule has 0 fully saturated rings. The molecule has 0 saturated heterocycles. The molecule has 0 aliphatic rings. The average molecular weight is 258 g/mol. The van der Waals surface area contributed by atoms with Crippen LogP contribution >= 0.6 is 0 Å². The van der Waals surface area contributed by atoms with Gasteiger partial charge in [0.25, 0.3) is 0 Å². The molecule has 1 atom stereocenters. The van der Waals surface area contributed by atoms with Crippen molar-refractivity contribution in [2.45, 2.75) is 25.9 Å². The number of nitrogens with two attached hydrogens (primary N) is 1. The molecular formula is C15H22N4. The molecule has 4 heteroatoms. The fraction of sp³-hybridized carbons (Fsp3) is 0.400. The van der Waals surface area contributed by atoms with E-state index in [4.69, 9.17) is 5.73 Å². The van der Waals surface area contributed by atoms with Gasteiger partial charge in [-0.05, 0) is 30.2 Å². The second-order valence-electron chi connectivity index (χ2n) is 4.95. The Labute approximate surface area is 114 Å². The van der Waals surface area contributed by atoms with E-state index in [1.807, 2.05) is 37.1 Å². The summed E-state index contributed by atoms with van der Waals surface area (Å²) in [5.74, 6) is 0. The molecule has 2 aromatic rings. The van der Waals surface area contributed by atoms with Crippen molar-refractivity contribution in [2.75, 3.05) is 19.0 Å². The van der Waals surface area contributed by atoms with Gasteiger partial charge in [0.2, 0.25) is 0 Å². The average Bonchev–Trinajstić information content (AvgIpc) is 2.86. The van der Waals surface area contributed by atoms with Crippen molar-refractivity contribution in [3.05, 3.63) is 47.8 Å². The van der Waals surface area contributed by atoms with Crippen LogP contribution in [0.3, 0.4) is 0 Å². The molecule has 1 heterocycles. The lowest BCUT2D eigenvalue weighted by Crippen LogP contribution is -2.18. The van der Waals surface area contributed by atoms with E-state index in [0.29, 0.717) is 0 Å². The molecule has 1 aromatic heterocycles. The summed E-state index contributed by atoms with van der Waals surface area (Å²) in [6.07, 6.45) is 2.87. The highest BCUT2D eigenvalue weighted by molar-refractivity contribution is 5.48. The molecular weight excluding hydrogens is 236 g/mol. The van der Waals surface area contributed by atoms with E-state index in [1.165, 1.54) is 0 Å². The minimum atomic E-state index is -0.131. The minimum Gasteiger partial charge on any atom is -0.378 e. The van der Waals surface area contributed by atoms with E-state index in [1.54, 1.807) is 0 Å². The Hall–Kier alpha value is -1.81. The predicted molar refractivity (Wildman–Crippen MR) is 79.3 cm³/mol. The molecule has 1 unspecified atom stereocenters. The molecule has 0 spiro atoms. The predicted octanol–water partition coefficient (Wildman–Crippen LogP) is 2.41. The van der Waals surface area contributed by atoms with Gasteiger partial charge in [-0.1, -0.05) is 19.1 Å². The topological polar surface area (TPSA) is 47.1 Å². The van der Waals surface area contributed by atoms with Crippen LogP contribution in [0.4, 0.5) is 5.69 Å². The van der Waals surface area contributed by atoms with Crippen molar-refractivity contribution < 1.29 is 0 Å². The second kappa shape index (κ2) is 5.89. The Morgan fingerprint density at radius 1 is 1.32 bits per heavy atom. The van der Waals surface area contributed by atoms with Crippen LogP contribution in [0.5, 0.6) is 0 Å². The normalized spacial score (nSPS) is 12.4. The lowest BCUT2D eigenvalue weighted by atomic mass is 10.0. The summed E-state index contributed by atoms with van der Waals surface area (Å²) in [5.41, 5.74) is 9.73. The third-order valence-corrected chi connectivity index (χ3v) is 3.25. The molecule has 2 N–H and O–H groups in total. The van der Waals surface area contributed by atoms with E-state index < -0.39 is 0 Å².